The Balaban J connectivity index is 0.000000605. The molecule has 0 amide bonds. The Morgan fingerprint density at radius 3 is 3.00 bits per heavy atom. The third-order valence-corrected chi connectivity index (χ3v) is 1.32. The normalized spacial score (nSPS) is 9.55. The van der Waals surface area contributed by atoms with Gasteiger partial charge in [0, 0.05) is 11.2 Å². The van der Waals surface area contributed by atoms with Gasteiger partial charge in [-0.15, -0.1) is 0 Å². The van der Waals surface area contributed by atoms with E-state index >= 15 is 0 Å². The molecule has 0 radical (unpaired) electrons. The summed E-state index contributed by atoms with van der Waals surface area (Å²) in [4.78, 5) is 12.3. The van der Waals surface area contributed by atoms with Crippen molar-refractivity contribution in [1.29, 1.82) is 0 Å². The van der Waals surface area contributed by atoms with E-state index in [-0.39, 0.29) is 51.4 Å². The third-order valence-electron chi connectivity index (χ3n) is 1.32. The van der Waals surface area contributed by atoms with Crippen LogP contribution in [0.15, 0.2) is 18.3 Å². The predicted octanol–water partition coefficient (Wildman–Crippen LogP) is -2.10. The SMILES string of the molecule is Cc1nc2cccnc2[n-]1.[K+]. The first-order valence-corrected chi connectivity index (χ1v) is 3.08. The van der Waals surface area contributed by atoms with Crippen molar-refractivity contribution in [2.24, 2.45) is 0 Å². The average molecular weight is 171 g/mol. The van der Waals surface area contributed by atoms with Crippen molar-refractivity contribution in [3.63, 3.8) is 0 Å². The standard InChI is InChI=1S/C7H6N3.K/c1-5-9-6-3-2-4-8-7(6)10-5;/h2-4H,1H3;/q-1;+1. The van der Waals surface area contributed by atoms with Crippen molar-refractivity contribution in [1.82, 2.24) is 15.0 Å². The molecule has 0 bridgehead atoms. The molecule has 2 aromatic heterocycles. The maximum atomic E-state index is 4.14. The first-order chi connectivity index (χ1) is 4.86. The molecule has 0 saturated heterocycles. The van der Waals surface area contributed by atoms with E-state index in [0.29, 0.717) is 0 Å². The van der Waals surface area contributed by atoms with Crippen LogP contribution >= 0.6 is 0 Å². The summed E-state index contributed by atoms with van der Waals surface area (Å²) in [5.74, 6) is 0.786. The Kier molecular flexibility index (Phi) is 3.21. The number of hydrogen-bond donors (Lipinski definition) is 0. The Morgan fingerprint density at radius 1 is 1.45 bits per heavy atom. The molecule has 0 aromatic carbocycles. The van der Waals surface area contributed by atoms with Crippen LogP contribution in [0.25, 0.3) is 11.2 Å². The monoisotopic (exact) mass is 171 g/mol. The molecule has 0 aliphatic heterocycles. The van der Waals surface area contributed by atoms with E-state index in [2.05, 4.69) is 15.0 Å². The molecule has 0 atom stereocenters. The van der Waals surface area contributed by atoms with E-state index in [4.69, 9.17) is 0 Å². The van der Waals surface area contributed by atoms with Crippen LogP contribution in [0.4, 0.5) is 0 Å². The Morgan fingerprint density at radius 2 is 2.27 bits per heavy atom. The molecule has 0 unspecified atom stereocenters. The molecule has 2 heterocycles. The van der Waals surface area contributed by atoms with E-state index in [1.807, 2.05) is 19.1 Å². The summed E-state index contributed by atoms with van der Waals surface area (Å²) in [6.45, 7) is 1.86. The van der Waals surface area contributed by atoms with Crippen LogP contribution in [0.5, 0.6) is 0 Å². The fourth-order valence-electron chi connectivity index (χ4n) is 0.914. The molecule has 0 aliphatic carbocycles. The fourth-order valence-corrected chi connectivity index (χ4v) is 0.914. The van der Waals surface area contributed by atoms with E-state index in [9.17, 15) is 0 Å². The minimum absolute atomic E-state index is 0. The summed E-state index contributed by atoms with van der Waals surface area (Å²) in [6, 6.07) is 3.76. The largest absolute Gasteiger partial charge is 1.00 e. The molecule has 11 heavy (non-hydrogen) atoms. The van der Waals surface area contributed by atoms with Gasteiger partial charge in [-0.25, -0.2) is 0 Å². The van der Waals surface area contributed by atoms with Gasteiger partial charge in [-0.2, -0.15) is 0 Å². The van der Waals surface area contributed by atoms with Gasteiger partial charge in [-0.1, -0.05) is 12.1 Å². The molecular formula is C7H6KN3. The number of rotatable bonds is 0. The number of aryl methyl sites for hydroxylation is 1. The molecule has 0 saturated carbocycles. The Labute approximate surface area is 107 Å². The summed E-state index contributed by atoms with van der Waals surface area (Å²) >= 11 is 0. The number of nitrogens with zero attached hydrogens (tertiary/aromatic N) is 3. The van der Waals surface area contributed by atoms with Gasteiger partial charge in [0.15, 0.2) is 0 Å². The zero-order valence-electron chi connectivity index (χ0n) is 6.57. The van der Waals surface area contributed by atoms with Crippen molar-refractivity contribution in [3.05, 3.63) is 24.2 Å². The third kappa shape index (κ3) is 1.89. The second-order valence-electron chi connectivity index (χ2n) is 2.12. The maximum Gasteiger partial charge on any atom is 1.00 e. The first kappa shape index (κ1) is 9.35. The first-order valence-electron chi connectivity index (χ1n) is 3.08. The van der Waals surface area contributed by atoms with Gasteiger partial charge < -0.3 is 15.0 Å². The Bertz CT molecular complexity index is 322. The van der Waals surface area contributed by atoms with Crippen LogP contribution in [0, 0.1) is 6.92 Å². The van der Waals surface area contributed by atoms with E-state index in [1.165, 1.54) is 0 Å². The summed E-state index contributed by atoms with van der Waals surface area (Å²) in [5.41, 5.74) is 1.61. The van der Waals surface area contributed by atoms with Crippen LogP contribution in [0.2, 0.25) is 0 Å². The zero-order chi connectivity index (χ0) is 6.97. The summed E-state index contributed by atoms with van der Waals surface area (Å²) in [6.07, 6.45) is 1.72. The summed E-state index contributed by atoms with van der Waals surface area (Å²) < 4.78 is 0. The molecule has 0 aliphatic rings. The van der Waals surface area contributed by atoms with Gasteiger partial charge in [0.1, 0.15) is 0 Å². The second-order valence-corrected chi connectivity index (χ2v) is 2.12. The van der Waals surface area contributed by atoms with Gasteiger partial charge in [0.2, 0.25) is 0 Å². The molecule has 2 aromatic rings. The number of pyridine rings is 1. The number of imidazole rings is 1. The zero-order valence-corrected chi connectivity index (χ0v) is 9.70. The molecular weight excluding hydrogens is 165 g/mol. The van der Waals surface area contributed by atoms with E-state index < -0.39 is 0 Å². The number of aromatic nitrogens is 3. The van der Waals surface area contributed by atoms with Crippen molar-refractivity contribution >= 4 is 11.2 Å². The van der Waals surface area contributed by atoms with Gasteiger partial charge in [0.25, 0.3) is 0 Å². The average Bonchev–Trinajstić information content (AvgIpc) is 2.27. The topological polar surface area (TPSA) is 39.9 Å². The predicted molar refractivity (Wildman–Crippen MR) is 37.6 cm³/mol. The molecule has 0 N–H and O–H groups in total. The number of hydrogen-bond acceptors (Lipinski definition) is 2. The molecule has 3 nitrogen and oxygen atoms in total. The minimum Gasteiger partial charge on any atom is -0.368 e. The quantitative estimate of drug-likeness (QED) is 0.426. The van der Waals surface area contributed by atoms with Gasteiger partial charge >= 0.3 is 51.4 Å². The van der Waals surface area contributed by atoms with Gasteiger partial charge in [-0.3, -0.25) is 0 Å². The van der Waals surface area contributed by atoms with Crippen LogP contribution in [0.3, 0.4) is 0 Å². The summed E-state index contributed by atoms with van der Waals surface area (Å²) in [7, 11) is 0. The van der Waals surface area contributed by atoms with Gasteiger partial charge in [0.05, 0.1) is 0 Å². The van der Waals surface area contributed by atoms with Crippen molar-refractivity contribution in [3.8, 4) is 0 Å². The molecule has 0 spiro atoms. The van der Waals surface area contributed by atoms with Crippen LogP contribution < -0.4 is 56.4 Å². The summed E-state index contributed by atoms with van der Waals surface area (Å²) in [5, 5.41) is 0. The molecule has 2 rings (SSSR count). The van der Waals surface area contributed by atoms with E-state index in [1.54, 1.807) is 6.20 Å². The van der Waals surface area contributed by atoms with Crippen LogP contribution in [0.1, 0.15) is 5.82 Å². The maximum absolute atomic E-state index is 4.14. The van der Waals surface area contributed by atoms with Gasteiger partial charge in [-0.05, 0) is 18.9 Å². The molecule has 4 heteroatoms. The van der Waals surface area contributed by atoms with Crippen molar-refractivity contribution in [2.45, 2.75) is 6.92 Å². The fraction of sp³-hybridized carbons (Fsp3) is 0.143. The minimum atomic E-state index is 0. The van der Waals surface area contributed by atoms with Crippen LogP contribution in [-0.4, -0.2) is 9.97 Å². The van der Waals surface area contributed by atoms with Crippen molar-refractivity contribution < 1.29 is 51.4 Å². The van der Waals surface area contributed by atoms with E-state index in [0.717, 1.165) is 17.0 Å². The molecule has 50 valence electrons. The van der Waals surface area contributed by atoms with Crippen LogP contribution in [-0.2, 0) is 0 Å². The number of fused-ring (bicyclic) bond motifs is 1. The second kappa shape index (κ2) is 3.78. The molecule has 0 fully saturated rings. The smallest absolute Gasteiger partial charge is 0.368 e. The van der Waals surface area contributed by atoms with Crippen molar-refractivity contribution in [2.75, 3.05) is 0 Å². The Hall–Kier alpha value is 0.256.